The Bertz CT molecular complexity index is 496. The first-order valence-electron chi connectivity index (χ1n) is 6.55. The minimum atomic E-state index is 0.406. The third-order valence-electron chi connectivity index (χ3n) is 3.77. The smallest absolute Gasteiger partial charge is 0.183 e. The molecule has 1 aromatic carbocycles. The normalized spacial score (nSPS) is 18.9. The maximum Gasteiger partial charge on any atom is 0.183 e. The molecular formula is C14H19N3S. The van der Waals surface area contributed by atoms with Gasteiger partial charge in [0.25, 0.3) is 0 Å². The Morgan fingerprint density at radius 2 is 2.11 bits per heavy atom. The number of piperidine rings is 1. The molecule has 1 saturated heterocycles. The van der Waals surface area contributed by atoms with Gasteiger partial charge >= 0.3 is 0 Å². The van der Waals surface area contributed by atoms with Crippen LogP contribution in [0, 0.1) is 5.41 Å². The Hall–Kier alpha value is -1.13. The van der Waals surface area contributed by atoms with Gasteiger partial charge in [-0.2, -0.15) is 0 Å². The van der Waals surface area contributed by atoms with Crippen molar-refractivity contribution in [3.05, 3.63) is 24.3 Å². The number of thiazole rings is 1. The van der Waals surface area contributed by atoms with Gasteiger partial charge in [-0.3, -0.25) is 0 Å². The van der Waals surface area contributed by atoms with Crippen LogP contribution in [-0.4, -0.2) is 24.6 Å². The van der Waals surface area contributed by atoms with E-state index in [1.54, 1.807) is 11.3 Å². The lowest BCUT2D eigenvalue weighted by Gasteiger charge is -2.34. The molecule has 0 aliphatic carbocycles. The van der Waals surface area contributed by atoms with E-state index in [-0.39, 0.29) is 0 Å². The van der Waals surface area contributed by atoms with E-state index >= 15 is 0 Å². The van der Waals surface area contributed by atoms with Crippen LogP contribution in [0.3, 0.4) is 0 Å². The van der Waals surface area contributed by atoms with E-state index < -0.39 is 0 Å². The largest absolute Gasteiger partial charge is 0.361 e. The second kappa shape index (κ2) is 4.86. The third-order valence-corrected chi connectivity index (χ3v) is 4.77. The van der Waals surface area contributed by atoms with Gasteiger partial charge < -0.3 is 10.6 Å². The van der Waals surface area contributed by atoms with Gasteiger partial charge in [0.05, 0.1) is 10.2 Å². The predicted molar refractivity (Wildman–Crippen MR) is 78.3 cm³/mol. The number of rotatable bonds is 3. The van der Waals surface area contributed by atoms with Crippen molar-refractivity contribution < 1.29 is 0 Å². The average molecular weight is 261 g/mol. The summed E-state index contributed by atoms with van der Waals surface area (Å²) in [6.45, 7) is 5.67. The third kappa shape index (κ3) is 2.49. The van der Waals surface area contributed by atoms with Gasteiger partial charge in [-0.15, -0.1) is 0 Å². The van der Waals surface area contributed by atoms with Crippen LogP contribution in [-0.2, 0) is 0 Å². The second-order valence-electron chi connectivity index (χ2n) is 5.40. The average Bonchev–Trinajstić information content (AvgIpc) is 2.80. The van der Waals surface area contributed by atoms with Gasteiger partial charge in [-0.05, 0) is 43.5 Å². The molecule has 3 rings (SSSR count). The Labute approximate surface area is 112 Å². The lowest BCUT2D eigenvalue weighted by molar-refractivity contribution is 0.247. The first-order chi connectivity index (χ1) is 8.75. The Kier molecular flexibility index (Phi) is 3.22. The molecule has 96 valence electrons. The fourth-order valence-corrected chi connectivity index (χ4v) is 3.31. The van der Waals surface area contributed by atoms with E-state index in [9.17, 15) is 0 Å². The molecule has 0 amide bonds. The highest BCUT2D eigenvalue weighted by Gasteiger charge is 2.26. The highest BCUT2D eigenvalue weighted by Crippen LogP contribution is 2.30. The Balaban J connectivity index is 1.69. The first-order valence-corrected chi connectivity index (χ1v) is 7.37. The van der Waals surface area contributed by atoms with Crippen molar-refractivity contribution in [3.63, 3.8) is 0 Å². The SMILES string of the molecule is CC1(CNc2nc3ccccc3s2)CCNCC1. The van der Waals surface area contributed by atoms with Crippen LogP contribution in [0.4, 0.5) is 5.13 Å². The van der Waals surface area contributed by atoms with E-state index in [1.165, 1.54) is 17.5 Å². The topological polar surface area (TPSA) is 37.0 Å². The number of nitrogens with zero attached hydrogens (tertiary/aromatic N) is 1. The summed E-state index contributed by atoms with van der Waals surface area (Å²) in [6, 6.07) is 8.31. The summed E-state index contributed by atoms with van der Waals surface area (Å²) in [6.07, 6.45) is 2.48. The maximum atomic E-state index is 4.62. The summed E-state index contributed by atoms with van der Waals surface area (Å²) in [4.78, 5) is 4.62. The van der Waals surface area contributed by atoms with Crippen molar-refractivity contribution in [2.24, 2.45) is 5.41 Å². The monoisotopic (exact) mass is 261 g/mol. The van der Waals surface area contributed by atoms with Crippen LogP contribution in [0.25, 0.3) is 10.2 Å². The van der Waals surface area contributed by atoms with Gasteiger partial charge in [-0.1, -0.05) is 30.4 Å². The van der Waals surface area contributed by atoms with Crippen molar-refractivity contribution >= 4 is 26.7 Å². The van der Waals surface area contributed by atoms with Crippen LogP contribution in [0.1, 0.15) is 19.8 Å². The minimum absolute atomic E-state index is 0.406. The zero-order chi connectivity index (χ0) is 12.4. The summed E-state index contributed by atoms with van der Waals surface area (Å²) >= 11 is 1.75. The zero-order valence-corrected chi connectivity index (χ0v) is 11.5. The van der Waals surface area contributed by atoms with Crippen molar-refractivity contribution in [2.75, 3.05) is 25.0 Å². The summed E-state index contributed by atoms with van der Waals surface area (Å²) in [7, 11) is 0. The summed E-state index contributed by atoms with van der Waals surface area (Å²) in [5.74, 6) is 0. The molecule has 1 aliphatic rings. The molecule has 1 fully saturated rings. The van der Waals surface area contributed by atoms with Gasteiger partial charge in [-0.25, -0.2) is 4.98 Å². The standard InChI is InChI=1S/C14H19N3S/c1-14(6-8-15-9-7-14)10-16-13-17-11-4-2-3-5-12(11)18-13/h2-5,15H,6-10H2,1H3,(H,16,17). The van der Waals surface area contributed by atoms with Crippen molar-refractivity contribution in [2.45, 2.75) is 19.8 Å². The van der Waals surface area contributed by atoms with E-state index in [0.29, 0.717) is 5.41 Å². The molecule has 1 aromatic heterocycles. The molecule has 0 saturated carbocycles. The molecule has 0 spiro atoms. The number of benzene rings is 1. The van der Waals surface area contributed by atoms with Crippen LogP contribution in [0.5, 0.6) is 0 Å². The van der Waals surface area contributed by atoms with Crippen LogP contribution in [0.2, 0.25) is 0 Å². The van der Waals surface area contributed by atoms with Crippen molar-refractivity contribution in [1.82, 2.24) is 10.3 Å². The van der Waals surface area contributed by atoms with Gasteiger partial charge in [0.1, 0.15) is 0 Å². The van der Waals surface area contributed by atoms with E-state index in [4.69, 9.17) is 0 Å². The van der Waals surface area contributed by atoms with Crippen molar-refractivity contribution in [3.8, 4) is 0 Å². The van der Waals surface area contributed by atoms with Crippen LogP contribution in [0.15, 0.2) is 24.3 Å². The summed E-state index contributed by atoms with van der Waals surface area (Å²) < 4.78 is 1.26. The molecule has 2 heterocycles. The highest BCUT2D eigenvalue weighted by molar-refractivity contribution is 7.22. The molecule has 0 atom stereocenters. The fraction of sp³-hybridized carbons (Fsp3) is 0.500. The van der Waals surface area contributed by atoms with Crippen molar-refractivity contribution in [1.29, 1.82) is 0 Å². The highest BCUT2D eigenvalue weighted by atomic mass is 32.1. The minimum Gasteiger partial charge on any atom is -0.361 e. The number of aromatic nitrogens is 1. The van der Waals surface area contributed by atoms with E-state index in [0.717, 1.165) is 30.3 Å². The molecule has 1 aliphatic heterocycles. The Morgan fingerprint density at radius 3 is 2.89 bits per heavy atom. The lowest BCUT2D eigenvalue weighted by Crippen LogP contribution is -2.39. The molecule has 2 aromatic rings. The van der Waals surface area contributed by atoms with Gasteiger partial charge in [0.2, 0.25) is 0 Å². The summed E-state index contributed by atoms with van der Waals surface area (Å²) in [5.41, 5.74) is 1.50. The first kappa shape index (κ1) is 11.9. The quantitative estimate of drug-likeness (QED) is 0.891. The molecular weight excluding hydrogens is 242 g/mol. The molecule has 2 N–H and O–H groups in total. The lowest BCUT2D eigenvalue weighted by atomic mass is 9.81. The predicted octanol–water partition coefficient (Wildman–Crippen LogP) is 3.10. The van der Waals surface area contributed by atoms with Crippen LogP contribution < -0.4 is 10.6 Å². The Morgan fingerprint density at radius 1 is 1.33 bits per heavy atom. The number of hydrogen-bond donors (Lipinski definition) is 2. The summed E-state index contributed by atoms with van der Waals surface area (Å²) in [5, 5.41) is 7.99. The van der Waals surface area contributed by atoms with E-state index in [2.05, 4.69) is 40.7 Å². The molecule has 4 heteroatoms. The number of fused-ring (bicyclic) bond motifs is 1. The second-order valence-corrected chi connectivity index (χ2v) is 6.43. The molecule has 0 radical (unpaired) electrons. The van der Waals surface area contributed by atoms with Crippen LogP contribution >= 0.6 is 11.3 Å². The van der Waals surface area contributed by atoms with Gasteiger partial charge in [0.15, 0.2) is 5.13 Å². The molecule has 0 bridgehead atoms. The number of anilines is 1. The van der Waals surface area contributed by atoms with Gasteiger partial charge in [0, 0.05) is 6.54 Å². The number of para-hydroxylation sites is 1. The zero-order valence-electron chi connectivity index (χ0n) is 10.7. The fourth-order valence-electron chi connectivity index (χ4n) is 2.44. The molecule has 0 unspecified atom stereocenters. The number of nitrogens with one attached hydrogen (secondary N) is 2. The maximum absolute atomic E-state index is 4.62. The molecule has 18 heavy (non-hydrogen) atoms. The molecule has 3 nitrogen and oxygen atoms in total. The number of hydrogen-bond acceptors (Lipinski definition) is 4. The van der Waals surface area contributed by atoms with E-state index in [1.807, 2.05) is 6.07 Å².